The maximum atomic E-state index is 10.3. The molecule has 0 amide bonds. The van der Waals surface area contributed by atoms with Crippen LogP contribution in [-0.2, 0) is 0 Å². The van der Waals surface area contributed by atoms with Crippen molar-refractivity contribution in [2.24, 2.45) is 17.3 Å². The largest absolute Gasteiger partial charge is 0.393 e. The predicted molar refractivity (Wildman–Crippen MR) is 69.6 cm³/mol. The van der Waals surface area contributed by atoms with Gasteiger partial charge in [-0.1, -0.05) is 25.5 Å². The number of hydrogen-bond donors (Lipinski definition) is 2. The van der Waals surface area contributed by atoms with Crippen LogP contribution in [0.1, 0.15) is 52.9 Å². The van der Waals surface area contributed by atoms with Crippen LogP contribution in [0.15, 0.2) is 11.6 Å². The van der Waals surface area contributed by atoms with Crippen LogP contribution in [0.25, 0.3) is 0 Å². The fourth-order valence-corrected chi connectivity index (χ4v) is 3.67. The minimum atomic E-state index is -0.928. The van der Waals surface area contributed by atoms with E-state index in [9.17, 15) is 10.2 Å². The first-order valence-corrected chi connectivity index (χ1v) is 6.93. The quantitative estimate of drug-likeness (QED) is 0.726. The van der Waals surface area contributed by atoms with Crippen LogP contribution in [0.2, 0.25) is 0 Å². The van der Waals surface area contributed by atoms with Crippen molar-refractivity contribution >= 4 is 0 Å². The Hall–Kier alpha value is -0.340. The third-order valence-corrected chi connectivity index (χ3v) is 5.42. The van der Waals surface area contributed by atoms with Crippen molar-refractivity contribution in [3.63, 3.8) is 0 Å². The molecule has 0 heterocycles. The minimum Gasteiger partial charge on any atom is -0.393 e. The molecule has 0 saturated heterocycles. The standard InChI is InChI=1S/C15H26O2/c1-11-5-4-6-12-7-8-13(9-14(11,12)2)15(3,17)10-16/h7,11,13,16-17H,4-6,8-10H2,1-3H3/t11?,13-,14-,15?/m1/s1. The van der Waals surface area contributed by atoms with Crippen LogP contribution in [0.4, 0.5) is 0 Å². The zero-order valence-corrected chi connectivity index (χ0v) is 11.4. The number of aliphatic hydroxyl groups is 2. The Balaban J connectivity index is 2.24. The Bertz CT molecular complexity index is 319. The molecule has 2 unspecified atom stereocenters. The van der Waals surface area contributed by atoms with Crippen molar-refractivity contribution in [3.05, 3.63) is 11.6 Å². The Morgan fingerprint density at radius 1 is 1.53 bits per heavy atom. The van der Waals surface area contributed by atoms with E-state index in [0.29, 0.717) is 5.92 Å². The Morgan fingerprint density at radius 3 is 2.88 bits per heavy atom. The van der Waals surface area contributed by atoms with Gasteiger partial charge >= 0.3 is 0 Å². The van der Waals surface area contributed by atoms with Gasteiger partial charge in [0.05, 0.1) is 12.2 Å². The molecule has 4 atom stereocenters. The van der Waals surface area contributed by atoms with E-state index < -0.39 is 5.60 Å². The van der Waals surface area contributed by atoms with Gasteiger partial charge in [-0.2, -0.15) is 0 Å². The first-order valence-electron chi connectivity index (χ1n) is 6.93. The number of hydrogen-bond acceptors (Lipinski definition) is 2. The van der Waals surface area contributed by atoms with Gasteiger partial charge < -0.3 is 10.2 Å². The molecule has 0 aromatic carbocycles. The van der Waals surface area contributed by atoms with E-state index >= 15 is 0 Å². The Kier molecular flexibility index (Phi) is 3.39. The van der Waals surface area contributed by atoms with Crippen molar-refractivity contribution in [3.8, 4) is 0 Å². The van der Waals surface area contributed by atoms with Gasteiger partial charge in [0.1, 0.15) is 0 Å². The highest BCUT2D eigenvalue weighted by atomic mass is 16.3. The van der Waals surface area contributed by atoms with Gasteiger partial charge in [-0.25, -0.2) is 0 Å². The fraction of sp³-hybridized carbons (Fsp3) is 0.867. The predicted octanol–water partition coefficient (Wildman–Crippen LogP) is 2.89. The molecule has 0 aliphatic heterocycles. The minimum absolute atomic E-state index is 0.134. The molecule has 17 heavy (non-hydrogen) atoms. The van der Waals surface area contributed by atoms with E-state index in [1.54, 1.807) is 12.5 Å². The summed E-state index contributed by atoms with van der Waals surface area (Å²) in [5.41, 5.74) is 0.920. The lowest BCUT2D eigenvalue weighted by atomic mass is 9.57. The summed E-state index contributed by atoms with van der Waals surface area (Å²) in [6, 6.07) is 0. The van der Waals surface area contributed by atoms with Gasteiger partial charge in [0, 0.05) is 0 Å². The van der Waals surface area contributed by atoms with E-state index in [-0.39, 0.29) is 17.9 Å². The van der Waals surface area contributed by atoms with Crippen molar-refractivity contribution in [1.82, 2.24) is 0 Å². The summed E-state index contributed by atoms with van der Waals surface area (Å²) in [4.78, 5) is 0. The van der Waals surface area contributed by atoms with Gasteiger partial charge in [0.15, 0.2) is 0 Å². The molecule has 2 N–H and O–H groups in total. The summed E-state index contributed by atoms with van der Waals surface area (Å²) in [7, 11) is 0. The zero-order chi connectivity index (χ0) is 12.7. The maximum absolute atomic E-state index is 10.3. The summed E-state index contributed by atoms with van der Waals surface area (Å²) >= 11 is 0. The van der Waals surface area contributed by atoms with Gasteiger partial charge in [0.25, 0.3) is 0 Å². The molecule has 1 fully saturated rings. The van der Waals surface area contributed by atoms with Crippen LogP contribution >= 0.6 is 0 Å². The second kappa shape index (κ2) is 4.40. The lowest BCUT2D eigenvalue weighted by Crippen LogP contribution is -2.45. The molecular weight excluding hydrogens is 212 g/mol. The van der Waals surface area contributed by atoms with E-state index in [0.717, 1.165) is 12.8 Å². The average Bonchev–Trinajstić information content (AvgIpc) is 2.30. The number of aliphatic hydroxyl groups excluding tert-OH is 1. The van der Waals surface area contributed by atoms with Crippen LogP contribution in [0.5, 0.6) is 0 Å². The smallest absolute Gasteiger partial charge is 0.0880 e. The van der Waals surface area contributed by atoms with Crippen LogP contribution < -0.4 is 0 Å². The molecule has 2 heteroatoms. The zero-order valence-electron chi connectivity index (χ0n) is 11.4. The molecule has 2 aliphatic rings. The summed E-state index contributed by atoms with van der Waals surface area (Å²) < 4.78 is 0. The number of allylic oxidation sites excluding steroid dienone is 2. The maximum Gasteiger partial charge on any atom is 0.0880 e. The van der Waals surface area contributed by atoms with E-state index in [1.165, 1.54) is 19.3 Å². The molecule has 0 aromatic rings. The SMILES string of the molecule is CC1CCCC2=CC[C@@H](C(C)(O)CO)C[C@@]21C. The monoisotopic (exact) mass is 238 g/mol. The third kappa shape index (κ3) is 2.17. The molecule has 0 spiro atoms. The van der Waals surface area contributed by atoms with Gasteiger partial charge in [0.2, 0.25) is 0 Å². The molecule has 0 bridgehead atoms. The van der Waals surface area contributed by atoms with Crippen molar-refractivity contribution in [1.29, 1.82) is 0 Å². The lowest BCUT2D eigenvalue weighted by molar-refractivity contribution is -0.0662. The van der Waals surface area contributed by atoms with E-state index in [4.69, 9.17) is 0 Å². The Labute approximate surface area is 105 Å². The molecule has 0 radical (unpaired) electrons. The topological polar surface area (TPSA) is 40.5 Å². The highest BCUT2D eigenvalue weighted by Crippen LogP contribution is 2.53. The lowest BCUT2D eigenvalue weighted by Gasteiger charge is -2.49. The summed E-state index contributed by atoms with van der Waals surface area (Å²) in [5, 5.41) is 19.6. The first kappa shape index (κ1) is 13.1. The molecule has 0 aromatic heterocycles. The number of rotatable bonds is 2. The van der Waals surface area contributed by atoms with Gasteiger partial charge in [-0.3, -0.25) is 0 Å². The van der Waals surface area contributed by atoms with E-state index in [1.807, 2.05) is 0 Å². The summed E-state index contributed by atoms with van der Waals surface area (Å²) in [5.74, 6) is 0.890. The van der Waals surface area contributed by atoms with Crippen LogP contribution in [0, 0.1) is 17.3 Å². The van der Waals surface area contributed by atoms with Crippen molar-refractivity contribution in [2.45, 2.75) is 58.5 Å². The molecule has 2 rings (SSSR count). The highest BCUT2D eigenvalue weighted by Gasteiger charge is 2.45. The normalized spacial score (nSPS) is 41.4. The molecule has 1 saturated carbocycles. The van der Waals surface area contributed by atoms with Crippen molar-refractivity contribution < 1.29 is 10.2 Å². The second-order valence-corrected chi connectivity index (χ2v) is 6.59. The molecule has 98 valence electrons. The summed E-state index contributed by atoms with van der Waals surface area (Å²) in [6.45, 7) is 6.32. The third-order valence-electron chi connectivity index (χ3n) is 5.42. The van der Waals surface area contributed by atoms with Crippen LogP contribution in [-0.4, -0.2) is 22.4 Å². The van der Waals surface area contributed by atoms with Gasteiger partial charge in [-0.05, 0) is 56.3 Å². The highest BCUT2D eigenvalue weighted by molar-refractivity contribution is 5.22. The van der Waals surface area contributed by atoms with Gasteiger partial charge in [-0.15, -0.1) is 0 Å². The summed E-state index contributed by atoms with van der Waals surface area (Å²) in [6.07, 6.45) is 8.12. The molecular formula is C15H26O2. The first-order chi connectivity index (χ1) is 7.90. The van der Waals surface area contributed by atoms with Crippen LogP contribution in [0.3, 0.4) is 0 Å². The van der Waals surface area contributed by atoms with E-state index in [2.05, 4.69) is 19.9 Å². The molecule has 2 nitrogen and oxygen atoms in total. The second-order valence-electron chi connectivity index (χ2n) is 6.59. The fourth-order valence-electron chi connectivity index (χ4n) is 3.67. The van der Waals surface area contributed by atoms with Crippen molar-refractivity contribution in [2.75, 3.05) is 6.61 Å². The molecule has 2 aliphatic carbocycles. The Morgan fingerprint density at radius 2 is 2.24 bits per heavy atom. The average molecular weight is 238 g/mol. The number of fused-ring (bicyclic) bond motifs is 1.